The van der Waals surface area contributed by atoms with Gasteiger partial charge in [-0.05, 0) is 12.1 Å². The van der Waals surface area contributed by atoms with Crippen LogP contribution >= 0.6 is 0 Å². The van der Waals surface area contributed by atoms with Crippen molar-refractivity contribution in [1.29, 1.82) is 0 Å². The molecule has 8 heteroatoms. The lowest BCUT2D eigenvalue weighted by atomic mass is 10.1. The van der Waals surface area contributed by atoms with Gasteiger partial charge in [0.2, 0.25) is 0 Å². The Labute approximate surface area is 125 Å². The molecule has 0 unspecified atom stereocenters. The fourth-order valence-corrected chi connectivity index (χ4v) is 1.74. The minimum atomic E-state index is -0.361. The number of nitrogens with one attached hydrogen (secondary N) is 1. The van der Waals surface area contributed by atoms with Crippen LogP contribution in [0.4, 0.5) is 0 Å². The third kappa shape index (κ3) is 2.90. The van der Waals surface area contributed by atoms with Crippen LogP contribution in [-0.4, -0.2) is 21.2 Å². The predicted octanol–water partition coefficient (Wildman–Crippen LogP) is 2.37. The van der Waals surface area contributed by atoms with Crippen molar-refractivity contribution in [2.24, 2.45) is 0 Å². The fraction of sp³-hybridized carbons (Fsp3) is 0.286. The van der Waals surface area contributed by atoms with Crippen molar-refractivity contribution in [2.45, 2.75) is 26.3 Å². The van der Waals surface area contributed by atoms with Crippen molar-refractivity contribution in [3.05, 3.63) is 41.7 Å². The molecule has 0 spiro atoms. The quantitative estimate of drug-likeness (QED) is 0.770. The average molecular weight is 302 g/mol. The second-order valence-corrected chi connectivity index (χ2v) is 4.94. The van der Waals surface area contributed by atoms with Gasteiger partial charge in [-0.3, -0.25) is 4.79 Å². The minimum absolute atomic E-state index is 0.118. The van der Waals surface area contributed by atoms with Gasteiger partial charge < -0.3 is 18.8 Å². The highest BCUT2D eigenvalue weighted by Gasteiger charge is 2.16. The van der Waals surface area contributed by atoms with Crippen LogP contribution in [0.15, 0.2) is 37.9 Å². The highest BCUT2D eigenvalue weighted by atomic mass is 16.5. The summed E-state index contributed by atoms with van der Waals surface area (Å²) in [5, 5.41) is 10.1. The second-order valence-electron chi connectivity index (χ2n) is 4.94. The van der Waals surface area contributed by atoms with Gasteiger partial charge in [0, 0.05) is 12.0 Å². The largest absolute Gasteiger partial charge is 0.459 e. The summed E-state index contributed by atoms with van der Waals surface area (Å²) in [6, 6.07) is 5.04. The number of carbonyl (C=O) groups is 1. The number of hydrogen-bond donors (Lipinski definition) is 1. The summed E-state index contributed by atoms with van der Waals surface area (Å²) in [6.45, 7) is 4.03. The summed E-state index contributed by atoms with van der Waals surface area (Å²) < 4.78 is 15.3. The van der Waals surface area contributed by atoms with Gasteiger partial charge in [0.05, 0.1) is 12.8 Å². The van der Waals surface area contributed by atoms with Gasteiger partial charge in [0.1, 0.15) is 5.76 Å². The molecule has 0 aliphatic carbocycles. The molecule has 3 aromatic rings. The number of hydrogen-bond acceptors (Lipinski definition) is 7. The summed E-state index contributed by atoms with van der Waals surface area (Å²) in [7, 11) is 0. The van der Waals surface area contributed by atoms with Gasteiger partial charge in [-0.15, -0.1) is 0 Å². The lowest BCUT2D eigenvalue weighted by molar-refractivity contribution is 0.0940. The van der Waals surface area contributed by atoms with Crippen LogP contribution in [0.2, 0.25) is 0 Å². The zero-order chi connectivity index (χ0) is 15.5. The number of aromatic nitrogens is 3. The lowest BCUT2D eigenvalue weighted by Gasteiger charge is -1.97. The lowest BCUT2D eigenvalue weighted by Crippen LogP contribution is -2.23. The van der Waals surface area contributed by atoms with Crippen LogP contribution < -0.4 is 5.32 Å². The predicted molar refractivity (Wildman–Crippen MR) is 73.8 cm³/mol. The molecule has 114 valence electrons. The van der Waals surface area contributed by atoms with Gasteiger partial charge in [-0.25, -0.2) is 0 Å². The summed E-state index contributed by atoms with van der Waals surface area (Å²) >= 11 is 0. The van der Waals surface area contributed by atoms with E-state index < -0.39 is 0 Å². The van der Waals surface area contributed by atoms with Gasteiger partial charge in [-0.1, -0.05) is 24.2 Å². The Balaban J connectivity index is 1.61. The van der Waals surface area contributed by atoms with E-state index >= 15 is 0 Å². The van der Waals surface area contributed by atoms with E-state index in [1.165, 1.54) is 6.26 Å². The van der Waals surface area contributed by atoms with Crippen molar-refractivity contribution < 1.29 is 18.3 Å². The third-order valence-electron chi connectivity index (χ3n) is 2.94. The average Bonchev–Trinajstić information content (AvgIpc) is 3.23. The SMILES string of the molecule is CC(C)c1cc(C(=O)NCc2noc(-c3ccco3)n2)no1. The molecule has 0 radical (unpaired) electrons. The standard InChI is InChI=1S/C14H14N4O4/c1-8(2)11-6-9(17-21-11)13(19)15-7-12-16-14(22-18-12)10-4-3-5-20-10/h3-6,8H,7H2,1-2H3,(H,15,19). The van der Waals surface area contributed by atoms with Crippen molar-refractivity contribution in [2.75, 3.05) is 0 Å². The highest BCUT2D eigenvalue weighted by Crippen LogP contribution is 2.17. The first kappa shape index (κ1) is 14.1. The van der Waals surface area contributed by atoms with Crippen molar-refractivity contribution in [1.82, 2.24) is 20.6 Å². The molecule has 0 atom stereocenters. The van der Waals surface area contributed by atoms with Crippen molar-refractivity contribution >= 4 is 5.91 Å². The minimum Gasteiger partial charge on any atom is -0.459 e. The maximum Gasteiger partial charge on any atom is 0.293 e. The van der Waals surface area contributed by atoms with E-state index in [1.807, 2.05) is 13.8 Å². The van der Waals surface area contributed by atoms with E-state index in [0.717, 1.165) is 0 Å². The normalized spacial score (nSPS) is 11.0. The van der Waals surface area contributed by atoms with Crippen LogP contribution in [0.1, 0.15) is 41.8 Å². The topological polar surface area (TPSA) is 107 Å². The zero-order valence-corrected chi connectivity index (χ0v) is 12.1. The molecule has 3 heterocycles. The van der Waals surface area contributed by atoms with Gasteiger partial charge in [0.25, 0.3) is 11.8 Å². The Morgan fingerprint density at radius 2 is 2.18 bits per heavy atom. The Morgan fingerprint density at radius 1 is 1.32 bits per heavy atom. The molecule has 22 heavy (non-hydrogen) atoms. The first-order chi connectivity index (χ1) is 10.6. The molecule has 0 aliphatic heterocycles. The first-order valence-corrected chi connectivity index (χ1v) is 6.74. The molecule has 0 bridgehead atoms. The van der Waals surface area contributed by atoms with Crippen LogP contribution in [0, 0.1) is 0 Å². The molecule has 0 saturated carbocycles. The summed E-state index contributed by atoms with van der Waals surface area (Å²) in [5.41, 5.74) is 0.221. The molecule has 0 fully saturated rings. The number of amides is 1. The third-order valence-corrected chi connectivity index (χ3v) is 2.94. The Morgan fingerprint density at radius 3 is 2.86 bits per heavy atom. The van der Waals surface area contributed by atoms with E-state index in [4.69, 9.17) is 13.5 Å². The maximum atomic E-state index is 12.0. The first-order valence-electron chi connectivity index (χ1n) is 6.74. The number of nitrogens with zero attached hydrogens (tertiary/aromatic N) is 3. The Kier molecular flexibility index (Phi) is 3.73. The molecule has 0 saturated heterocycles. The Bertz CT molecular complexity index is 758. The summed E-state index contributed by atoms with van der Waals surface area (Å²) in [5.74, 6) is 1.54. The summed E-state index contributed by atoms with van der Waals surface area (Å²) in [4.78, 5) is 16.1. The number of rotatable bonds is 5. The van der Waals surface area contributed by atoms with Gasteiger partial charge in [-0.2, -0.15) is 4.98 Å². The molecule has 1 N–H and O–H groups in total. The molecule has 8 nitrogen and oxygen atoms in total. The molecule has 3 aromatic heterocycles. The van der Waals surface area contributed by atoms with Crippen LogP contribution in [0.3, 0.4) is 0 Å². The molecule has 3 rings (SSSR count). The van der Waals surface area contributed by atoms with Crippen molar-refractivity contribution in [3.63, 3.8) is 0 Å². The van der Waals surface area contributed by atoms with E-state index in [0.29, 0.717) is 17.3 Å². The van der Waals surface area contributed by atoms with E-state index in [9.17, 15) is 4.79 Å². The molecule has 1 amide bonds. The molecular weight excluding hydrogens is 288 g/mol. The highest BCUT2D eigenvalue weighted by molar-refractivity contribution is 5.92. The second kappa shape index (κ2) is 5.84. The van der Waals surface area contributed by atoms with Gasteiger partial charge >= 0.3 is 0 Å². The monoisotopic (exact) mass is 302 g/mol. The molecule has 0 aromatic carbocycles. The van der Waals surface area contributed by atoms with Crippen molar-refractivity contribution in [3.8, 4) is 11.7 Å². The number of furan rings is 1. The fourth-order valence-electron chi connectivity index (χ4n) is 1.74. The number of carbonyl (C=O) groups excluding carboxylic acids is 1. The van der Waals surface area contributed by atoms with Crippen LogP contribution in [0.25, 0.3) is 11.7 Å². The zero-order valence-electron chi connectivity index (χ0n) is 12.1. The molecular formula is C14H14N4O4. The molecule has 0 aliphatic rings. The van der Waals surface area contributed by atoms with Crippen LogP contribution in [0.5, 0.6) is 0 Å². The smallest absolute Gasteiger partial charge is 0.293 e. The summed E-state index contributed by atoms with van der Waals surface area (Å²) in [6.07, 6.45) is 1.51. The Hall–Kier alpha value is -2.90. The van der Waals surface area contributed by atoms with E-state index in [1.54, 1.807) is 18.2 Å². The van der Waals surface area contributed by atoms with Crippen LogP contribution in [-0.2, 0) is 6.54 Å². The van der Waals surface area contributed by atoms with Gasteiger partial charge in [0.15, 0.2) is 17.3 Å². The van der Waals surface area contributed by atoms with E-state index in [-0.39, 0.29) is 30.0 Å². The van der Waals surface area contributed by atoms with E-state index in [2.05, 4.69) is 20.6 Å². The maximum absolute atomic E-state index is 12.0.